The third-order valence-corrected chi connectivity index (χ3v) is 5.65. The van der Waals surface area contributed by atoms with Gasteiger partial charge in [0.25, 0.3) is 0 Å². The van der Waals surface area contributed by atoms with Gasteiger partial charge in [0.05, 0.1) is 12.2 Å². The van der Waals surface area contributed by atoms with Crippen molar-refractivity contribution in [2.75, 3.05) is 18.1 Å². The molecule has 4 heteroatoms. The summed E-state index contributed by atoms with van der Waals surface area (Å²) in [6, 6.07) is 8.75. The summed E-state index contributed by atoms with van der Waals surface area (Å²) < 4.78 is 6.14. The summed E-state index contributed by atoms with van der Waals surface area (Å²) in [5.74, 6) is 2.48. The Hall–Kier alpha value is -0.550. The first kappa shape index (κ1) is 15.3. The first-order chi connectivity index (χ1) is 10.3. The Morgan fingerprint density at radius 3 is 2.90 bits per heavy atom. The van der Waals surface area contributed by atoms with E-state index in [0.717, 1.165) is 31.6 Å². The number of ether oxygens (including phenoxy) is 1. The Labute approximate surface area is 131 Å². The van der Waals surface area contributed by atoms with Gasteiger partial charge >= 0.3 is 0 Å². The van der Waals surface area contributed by atoms with Crippen LogP contribution in [0.3, 0.4) is 0 Å². The van der Waals surface area contributed by atoms with E-state index in [4.69, 9.17) is 4.74 Å². The van der Waals surface area contributed by atoms with E-state index in [-0.39, 0.29) is 12.2 Å². The third kappa shape index (κ3) is 4.01. The molecule has 116 valence electrons. The highest BCUT2D eigenvalue weighted by atomic mass is 32.2. The second kappa shape index (κ2) is 7.14. The highest BCUT2D eigenvalue weighted by molar-refractivity contribution is 7.99. The number of hydrogen-bond acceptors (Lipinski definition) is 4. The highest BCUT2D eigenvalue weighted by Gasteiger charge is 2.38. The van der Waals surface area contributed by atoms with Crippen LogP contribution in [0, 0.1) is 0 Å². The zero-order chi connectivity index (χ0) is 14.5. The van der Waals surface area contributed by atoms with E-state index < -0.39 is 0 Å². The number of rotatable bonds is 4. The van der Waals surface area contributed by atoms with Crippen molar-refractivity contribution < 1.29 is 9.84 Å². The zero-order valence-corrected chi connectivity index (χ0v) is 13.3. The van der Waals surface area contributed by atoms with Crippen LogP contribution in [-0.4, -0.2) is 34.9 Å². The summed E-state index contributed by atoms with van der Waals surface area (Å²) in [5.41, 5.74) is 2.39. The van der Waals surface area contributed by atoms with E-state index >= 15 is 0 Å². The fourth-order valence-electron chi connectivity index (χ4n) is 3.39. The van der Waals surface area contributed by atoms with Gasteiger partial charge in [0.1, 0.15) is 0 Å². The number of nitrogens with one attached hydrogen (secondary N) is 1. The second-order valence-corrected chi connectivity index (χ2v) is 7.42. The van der Waals surface area contributed by atoms with Crippen LogP contribution in [0.5, 0.6) is 0 Å². The lowest BCUT2D eigenvalue weighted by Crippen LogP contribution is -2.48. The van der Waals surface area contributed by atoms with Crippen LogP contribution >= 0.6 is 11.8 Å². The fraction of sp³-hybridized carbons (Fsp3) is 0.647. The molecule has 1 aromatic rings. The van der Waals surface area contributed by atoms with E-state index in [9.17, 15) is 5.11 Å². The largest absolute Gasteiger partial charge is 0.392 e. The molecular weight excluding hydrogens is 282 g/mol. The number of thioether (sulfide) groups is 1. The van der Waals surface area contributed by atoms with Gasteiger partial charge in [0, 0.05) is 19.2 Å². The predicted octanol–water partition coefficient (Wildman–Crippen LogP) is 2.71. The smallest absolute Gasteiger partial charge is 0.0713 e. The minimum Gasteiger partial charge on any atom is -0.392 e. The average molecular weight is 307 g/mol. The molecule has 0 radical (unpaired) electrons. The van der Waals surface area contributed by atoms with Crippen LogP contribution in [0.4, 0.5) is 0 Å². The zero-order valence-electron chi connectivity index (χ0n) is 12.5. The fourth-order valence-corrected chi connectivity index (χ4v) is 4.63. The molecule has 2 aliphatic heterocycles. The first-order valence-electron chi connectivity index (χ1n) is 7.93. The summed E-state index contributed by atoms with van der Waals surface area (Å²) >= 11 is 2.05. The molecule has 1 spiro atoms. The Balaban J connectivity index is 1.54. The van der Waals surface area contributed by atoms with Gasteiger partial charge in [-0.15, -0.1) is 0 Å². The third-order valence-electron chi connectivity index (χ3n) is 4.67. The molecule has 1 atom stereocenters. The van der Waals surface area contributed by atoms with Gasteiger partial charge in [0.2, 0.25) is 0 Å². The topological polar surface area (TPSA) is 41.5 Å². The normalized spacial score (nSPS) is 25.1. The Morgan fingerprint density at radius 2 is 2.10 bits per heavy atom. The van der Waals surface area contributed by atoms with Gasteiger partial charge in [-0.2, -0.15) is 11.8 Å². The molecule has 2 N–H and O–H groups in total. The van der Waals surface area contributed by atoms with E-state index in [1.54, 1.807) is 0 Å². The quantitative estimate of drug-likeness (QED) is 0.897. The van der Waals surface area contributed by atoms with Gasteiger partial charge in [-0.3, -0.25) is 0 Å². The van der Waals surface area contributed by atoms with Gasteiger partial charge in [-0.25, -0.2) is 0 Å². The van der Waals surface area contributed by atoms with Gasteiger partial charge in [-0.05, 0) is 48.3 Å². The van der Waals surface area contributed by atoms with Crippen molar-refractivity contribution >= 4 is 11.8 Å². The van der Waals surface area contributed by atoms with E-state index in [2.05, 4.69) is 29.2 Å². The van der Waals surface area contributed by atoms with Crippen molar-refractivity contribution in [2.24, 2.45) is 0 Å². The van der Waals surface area contributed by atoms with Crippen molar-refractivity contribution in [3.63, 3.8) is 0 Å². The van der Waals surface area contributed by atoms with E-state index in [0.29, 0.717) is 6.04 Å². The minimum atomic E-state index is 0.117. The standard InChI is InChI=1S/C17H25NO2S/c19-13-15-3-1-2-14(10-15)12-18-16-4-7-20-17(11-16)5-8-21-9-6-17/h1-3,10,16,18-19H,4-9,11-13H2. The van der Waals surface area contributed by atoms with Crippen LogP contribution < -0.4 is 5.32 Å². The molecule has 3 nitrogen and oxygen atoms in total. The summed E-state index contributed by atoms with van der Waals surface area (Å²) in [6.07, 6.45) is 4.66. The lowest BCUT2D eigenvalue weighted by molar-refractivity contribution is -0.0933. The lowest BCUT2D eigenvalue weighted by Gasteiger charge is -2.43. The van der Waals surface area contributed by atoms with Crippen LogP contribution in [0.2, 0.25) is 0 Å². The van der Waals surface area contributed by atoms with Crippen molar-refractivity contribution in [3.05, 3.63) is 35.4 Å². The molecule has 0 bridgehead atoms. The monoisotopic (exact) mass is 307 g/mol. The summed E-state index contributed by atoms with van der Waals surface area (Å²) in [4.78, 5) is 0. The van der Waals surface area contributed by atoms with Crippen LogP contribution in [0.25, 0.3) is 0 Å². The summed E-state index contributed by atoms with van der Waals surface area (Å²) in [6.45, 7) is 1.88. The summed E-state index contributed by atoms with van der Waals surface area (Å²) in [7, 11) is 0. The molecule has 0 amide bonds. The molecule has 2 heterocycles. The molecule has 21 heavy (non-hydrogen) atoms. The highest BCUT2D eigenvalue weighted by Crippen LogP contribution is 2.37. The van der Waals surface area contributed by atoms with Gasteiger partial charge in [-0.1, -0.05) is 24.3 Å². The number of aliphatic hydroxyl groups is 1. The van der Waals surface area contributed by atoms with Crippen molar-refractivity contribution in [1.82, 2.24) is 5.32 Å². The van der Waals surface area contributed by atoms with Crippen LogP contribution in [-0.2, 0) is 17.9 Å². The maximum absolute atomic E-state index is 9.21. The number of benzene rings is 1. The molecule has 2 aliphatic rings. The second-order valence-electron chi connectivity index (χ2n) is 6.19. The van der Waals surface area contributed by atoms with Crippen molar-refractivity contribution in [1.29, 1.82) is 0 Å². The predicted molar refractivity (Wildman–Crippen MR) is 87.5 cm³/mol. The van der Waals surface area contributed by atoms with Crippen LogP contribution in [0.15, 0.2) is 24.3 Å². The number of aliphatic hydroxyl groups excluding tert-OH is 1. The molecule has 1 unspecified atom stereocenters. The molecule has 2 saturated heterocycles. The molecular formula is C17H25NO2S. The Kier molecular flexibility index (Phi) is 5.22. The lowest BCUT2D eigenvalue weighted by atomic mass is 9.85. The average Bonchev–Trinajstić information content (AvgIpc) is 2.54. The summed E-state index contributed by atoms with van der Waals surface area (Å²) in [5, 5.41) is 12.9. The number of hydrogen-bond donors (Lipinski definition) is 2. The van der Waals surface area contributed by atoms with Crippen molar-refractivity contribution in [2.45, 2.75) is 50.5 Å². The first-order valence-corrected chi connectivity index (χ1v) is 9.09. The van der Waals surface area contributed by atoms with Gasteiger partial charge < -0.3 is 15.2 Å². The van der Waals surface area contributed by atoms with Gasteiger partial charge in [0.15, 0.2) is 0 Å². The molecule has 0 aliphatic carbocycles. The van der Waals surface area contributed by atoms with Crippen molar-refractivity contribution in [3.8, 4) is 0 Å². The molecule has 2 fully saturated rings. The van der Waals surface area contributed by atoms with E-state index in [1.807, 2.05) is 12.1 Å². The van der Waals surface area contributed by atoms with E-state index in [1.165, 1.54) is 29.9 Å². The molecule has 3 rings (SSSR count). The molecule has 1 aromatic carbocycles. The molecule has 0 saturated carbocycles. The van der Waals surface area contributed by atoms with Crippen LogP contribution in [0.1, 0.15) is 36.8 Å². The SMILES string of the molecule is OCc1cccc(CNC2CCOC3(CCSCC3)C2)c1. The maximum Gasteiger partial charge on any atom is 0.0713 e. The molecule has 0 aromatic heterocycles. The Morgan fingerprint density at radius 1 is 1.29 bits per heavy atom. The Bertz CT molecular complexity index is 454. The minimum absolute atomic E-state index is 0.117. The maximum atomic E-state index is 9.21.